The van der Waals surface area contributed by atoms with Gasteiger partial charge in [0.25, 0.3) is 0 Å². The van der Waals surface area contributed by atoms with Crippen molar-refractivity contribution in [1.29, 1.82) is 0 Å². The number of rotatable bonds is 5. The molecule has 0 aliphatic rings. The van der Waals surface area contributed by atoms with Gasteiger partial charge in [0.05, 0.1) is 24.0 Å². The van der Waals surface area contributed by atoms with E-state index in [1.807, 2.05) is 23.6 Å². The Morgan fingerprint density at radius 3 is 2.63 bits per heavy atom. The Bertz CT molecular complexity index is 1280. The summed E-state index contributed by atoms with van der Waals surface area (Å²) in [7, 11) is 0. The summed E-state index contributed by atoms with van der Waals surface area (Å²) >= 11 is 1.41. The van der Waals surface area contributed by atoms with E-state index in [1.54, 1.807) is 10.7 Å². The first kappa shape index (κ1) is 20.0. The lowest BCUT2D eigenvalue weighted by Crippen LogP contribution is -2.17. The highest BCUT2D eigenvalue weighted by atomic mass is 32.1. The molecule has 2 heterocycles. The lowest BCUT2D eigenvalue weighted by Gasteiger charge is -2.09. The first-order valence-corrected chi connectivity index (χ1v) is 10.6. The highest BCUT2D eigenvalue weighted by molar-refractivity contribution is 7.14. The first-order chi connectivity index (χ1) is 14.4. The van der Waals surface area contributed by atoms with Crippen molar-refractivity contribution in [3.8, 4) is 11.3 Å². The third-order valence-electron chi connectivity index (χ3n) is 5.00. The number of nitrogens with zero attached hydrogens (tertiary/aromatic N) is 3. The van der Waals surface area contributed by atoms with Crippen LogP contribution < -0.4 is 10.7 Å². The van der Waals surface area contributed by atoms with E-state index in [-0.39, 0.29) is 17.8 Å². The molecule has 0 spiro atoms. The number of benzene rings is 2. The van der Waals surface area contributed by atoms with Crippen molar-refractivity contribution in [2.75, 3.05) is 5.32 Å². The zero-order valence-corrected chi connectivity index (χ0v) is 17.9. The molecule has 0 saturated carbocycles. The van der Waals surface area contributed by atoms with E-state index in [0.717, 1.165) is 16.8 Å². The number of carbonyl (C=O) groups excluding carboxylic acids is 1. The Balaban J connectivity index is 1.46. The van der Waals surface area contributed by atoms with Gasteiger partial charge in [-0.3, -0.25) is 14.3 Å². The number of aromatic nitrogens is 3. The predicted octanol–water partition coefficient (Wildman–Crippen LogP) is 4.47. The topological polar surface area (TPSA) is 76.9 Å². The van der Waals surface area contributed by atoms with Crippen LogP contribution >= 0.6 is 11.3 Å². The minimum absolute atomic E-state index is 0.122. The van der Waals surface area contributed by atoms with Crippen molar-refractivity contribution in [1.82, 2.24) is 14.8 Å². The molecule has 30 heavy (non-hydrogen) atoms. The van der Waals surface area contributed by atoms with Gasteiger partial charge >= 0.3 is 0 Å². The second-order valence-electron chi connectivity index (χ2n) is 7.36. The van der Waals surface area contributed by atoms with E-state index in [4.69, 9.17) is 0 Å². The van der Waals surface area contributed by atoms with Crippen molar-refractivity contribution < 1.29 is 4.79 Å². The van der Waals surface area contributed by atoms with Crippen LogP contribution in [0.25, 0.3) is 22.2 Å². The molecule has 0 unspecified atom stereocenters. The molecular formula is C23H22N4O2S. The number of hydrogen-bond acceptors (Lipinski definition) is 5. The van der Waals surface area contributed by atoms with Gasteiger partial charge in [-0.15, -0.1) is 11.3 Å². The minimum atomic E-state index is -0.141. The minimum Gasteiger partial charge on any atom is -0.302 e. The Hall–Kier alpha value is -3.32. The van der Waals surface area contributed by atoms with Crippen molar-refractivity contribution in [3.63, 3.8) is 0 Å². The van der Waals surface area contributed by atoms with Crippen molar-refractivity contribution in [3.05, 3.63) is 74.9 Å². The van der Waals surface area contributed by atoms with E-state index in [9.17, 15) is 9.59 Å². The summed E-state index contributed by atoms with van der Waals surface area (Å²) in [5, 5.41) is 10.2. The van der Waals surface area contributed by atoms with Gasteiger partial charge < -0.3 is 5.32 Å². The van der Waals surface area contributed by atoms with Crippen molar-refractivity contribution in [2.24, 2.45) is 0 Å². The maximum atomic E-state index is 12.5. The Kier molecular flexibility index (Phi) is 5.46. The van der Waals surface area contributed by atoms with Crippen LogP contribution in [0.1, 0.15) is 23.1 Å². The molecule has 0 saturated heterocycles. The molecule has 0 radical (unpaired) electrons. The van der Waals surface area contributed by atoms with Crippen LogP contribution in [0.2, 0.25) is 0 Å². The molecule has 2 aromatic heterocycles. The summed E-state index contributed by atoms with van der Waals surface area (Å²) < 4.78 is 1.68. The Morgan fingerprint density at radius 2 is 1.87 bits per heavy atom. The monoisotopic (exact) mass is 418 g/mol. The first-order valence-electron chi connectivity index (χ1n) is 9.71. The molecule has 2 aromatic carbocycles. The number of thiazole rings is 1. The normalized spacial score (nSPS) is 11.0. The standard InChI is InChI=1S/C23H22N4O2S/c1-14-10-15(2)22(16(3)11-14)18-13-30-23(25-18)26-21(29)8-9-27-19-7-5-4-6-17(19)20(28)12-24-27/h4-7,10-13H,8-9H2,1-3H3,(H,25,26,29). The van der Waals surface area contributed by atoms with Gasteiger partial charge in [0.15, 0.2) is 5.13 Å². The summed E-state index contributed by atoms with van der Waals surface area (Å²) in [6.45, 7) is 6.61. The molecule has 6 nitrogen and oxygen atoms in total. The van der Waals surface area contributed by atoms with Gasteiger partial charge in [0.1, 0.15) is 0 Å². The van der Waals surface area contributed by atoms with Gasteiger partial charge in [-0.05, 0) is 44.0 Å². The van der Waals surface area contributed by atoms with E-state index in [1.165, 1.54) is 34.2 Å². The average Bonchev–Trinajstić information content (AvgIpc) is 3.14. The lowest BCUT2D eigenvalue weighted by molar-refractivity contribution is -0.116. The number of carbonyl (C=O) groups is 1. The van der Waals surface area contributed by atoms with Crippen LogP contribution in [0.4, 0.5) is 5.13 Å². The van der Waals surface area contributed by atoms with E-state index < -0.39 is 0 Å². The summed E-state index contributed by atoms with van der Waals surface area (Å²) in [5.41, 5.74) is 6.16. The molecule has 0 atom stereocenters. The smallest absolute Gasteiger partial charge is 0.228 e. The van der Waals surface area contributed by atoms with Crippen molar-refractivity contribution >= 4 is 33.3 Å². The molecule has 4 rings (SSSR count). The summed E-state index contributed by atoms with van der Waals surface area (Å²) in [5.74, 6) is -0.141. The molecule has 0 aliphatic heterocycles. The summed E-state index contributed by atoms with van der Waals surface area (Å²) in [6, 6.07) is 11.6. The SMILES string of the molecule is Cc1cc(C)c(-c2csc(NC(=O)CCn3ncc(=O)c4ccccc43)n2)c(C)c1. The quantitative estimate of drug-likeness (QED) is 0.519. The maximum absolute atomic E-state index is 12.5. The van der Waals surface area contributed by atoms with Crippen LogP contribution in [0.5, 0.6) is 0 Å². The number of nitrogens with one attached hydrogen (secondary N) is 1. The van der Waals surface area contributed by atoms with Gasteiger partial charge in [0.2, 0.25) is 11.3 Å². The van der Waals surface area contributed by atoms with Crippen LogP contribution in [0, 0.1) is 20.8 Å². The highest BCUT2D eigenvalue weighted by Crippen LogP contribution is 2.31. The number of aryl methyl sites for hydroxylation is 4. The number of fused-ring (bicyclic) bond motifs is 1. The third-order valence-corrected chi connectivity index (χ3v) is 5.75. The molecule has 0 bridgehead atoms. The summed E-state index contributed by atoms with van der Waals surface area (Å²) in [6.07, 6.45) is 1.52. The number of anilines is 1. The van der Waals surface area contributed by atoms with E-state index >= 15 is 0 Å². The largest absolute Gasteiger partial charge is 0.302 e. The van der Waals surface area contributed by atoms with Gasteiger partial charge in [0, 0.05) is 22.8 Å². The number of para-hydroxylation sites is 1. The molecule has 1 N–H and O–H groups in total. The fourth-order valence-corrected chi connectivity index (χ4v) is 4.48. The average molecular weight is 419 g/mol. The highest BCUT2D eigenvalue weighted by Gasteiger charge is 2.13. The molecule has 0 fully saturated rings. The molecule has 7 heteroatoms. The fourth-order valence-electron chi connectivity index (χ4n) is 3.76. The predicted molar refractivity (Wildman–Crippen MR) is 121 cm³/mol. The zero-order chi connectivity index (χ0) is 21.3. The zero-order valence-electron chi connectivity index (χ0n) is 17.1. The van der Waals surface area contributed by atoms with Crippen LogP contribution in [-0.2, 0) is 11.3 Å². The molecule has 0 aliphatic carbocycles. The maximum Gasteiger partial charge on any atom is 0.228 e. The van der Waals surface area contributed by atoms with Crippen LogP contribution in [-0.4, -0.2) is 20.7 Å². The molecule has 4 aromatic rings. The van der Waals surface area contributed by atoms with Gasteiger partial charge in [-0.2, -0.15) is 5.10 Å². The summed E-state index contributed by atoms with van der Waals surface area (Å²) in [4.78, 5) is 29.0. The lowest BCUT2D eigenvalue weighted by atomic mass is 9.98. The number of amides is 1. The number of hydrogen-bond donors (Lipinski definition) is 1. The fraction of sp³-hybridized carbons (Fsp3) is 0.217. The van der Waals surface area contributed by atoms with Gasteiger partial charge in [-0.1, -0.05) is 29.8 Å². The second-order valence-corrected chi connectivity index (χ2v) is 8.22. The molecular weight excluding hydrogens is 396 g/mol. The van der Waals surface area contributed by atoms with Crippen LogP contribution in [0.15, 0.2) is 52.8 Å². The van der Waals surface area contributed by atoms with Gasteiger partial charge in [-0.25, -0.2) is 4.98 Å². The second kappa shape index (κ2) is 8.20. The van der Waals surface area contributed by atoms with Crippen LogP contribution in [0.3, 0.4) is 0 Å². The molecule has 1 amide bonds. The molecule has 152 valence electrons. The third kappa shape index (κ3) is 4.02. The van der Waals surface area contributed by atoms with E-state index in [0.29, 0.717) is 17.1 Å². The van der Waals surface area contributed by atoms with E-state index in [2.05, 4.69) is 48.3 Å². The Labute approximate surface area is 178 Å². The van der Waals surface area contributed by atoms with Crippen molar-refractivity contribution in [2.45, 2.75) is 33.7 Å². The Morgan fingerprint density at radius 1 is 1.13 bits per heavy atom.